The molecule has 0 fully saturated rings. The van der Waals surface area contributed by atoms with Gasteiger partial charge in [-0.15, -0.1) is 0 Å². The van der Waals surface area contributed by atoms with Crippen LogP contribution in [0.4, 0.5) is 5.69 Å². The molecule has 1 amide bonds. The van der Waals surface area contributed by atoms with Crippen molar-refractivity contribution in [1.82, 2.24) is 4.57 Å². The SMILES string of the molecule is CC(C)n1cc(Br)cc1C(=O)Nc1ccc(Cl)cc1I. The summed E-state index contributed by atoms with van der Waals surface area (Å²) in [5, 5.41) is 3.57. The van der Waals surface area contributed by atoms with Crippen LogP contribution in [-0.2, 0) is 0 Å². The molecule has 0 aliphatic carbocycles. The van der Waals surface area contributed by atoms with Crippen LogP contribution >= 0.6 is 50.1 Å². The van der Waals surface area contributed by atoms with Gasteiger partial charge in [-0.3, -0.25) is 4.79 Å². The van der Waals surface area contributed by atoms with Gasteiger partial charge in [0.05, 0.1) is 5.69 Å². The quantitative estimate of drug-likeness (QED) is 0.608. The molecule has 1 heterocycles. The highest BCUT2D eigenvalue weighted by molar-refractivity contribution is 14.1. The number of halogens is 3. The first-order valence-electron chi connectivity index (χ1n) is 6.02. The third kappa shape index (κ3) is 3.56. The van der Waals surface area contributed by atoms with E-state index in [1.807, 2.05) is 36.7 Å². The zero-order valence-corrected chi connectivity index (χ0v) is 15.5. The van der Waals surface area contributed by atoms with Crippen molar-refractivity contribution in [3.8, 4) is 0 Å². The maximum atomic E-state index is 12.4. The number of hydrogen-bond acceptors (Lipinski definition) is 1. The van der Waals surface area contributed by atoms with Crippen molar-refractivity contribution in [3.05, 3.63) is 49.2 Å². The average Bonchev–Trinajstić information content (AvgIpc) is 2.75. The molecule has 0 aliphatic rings. The van der Waals surface area contributed by atoms with E-state index in [0.29, 0.717) is 10.7 Å². The number of carbonyl (C=O) groups is 1. The van der Waals surface area contributed by atoms with Crippen molar-refractivity contribution < 1.29 is 4.79 Å². The molecule has 20 heavy (non-hydrogen) atoms. The number of nitrogens with one attached hydrogen (secondary N) is 1. The van der Waals surface area contributed by atoms with E-state index in [4.69, 9.17) is 11.6 Å². The lowest BCUT2D eigenvalue weighted by Gasteiger charge is -2.13. The van der Waals surface area contributed by atoms with Crippen LogP contribution in [-0.4, -0.2) is 10.5 Å². The Kier molecular flexibility index (Phi) is 5.14. The minimum atomic E-state index is -0.135. The first-order chi connectivity index (χ1) is 9.38. The Morgan fingerprint density at radius 2 is 2.10 bits per heavy atom. The summed E-state index contributed by atoms with van der Waals surface area (Å²) < 4.78 is 3.73. The van der Waals surface area contributed by atoms with Crippen LogP contribution in [0, 0.1) is 3.57 Å². The van der Waals surface area contributed by atoms with Gasteiger partial charge in [-0.25, -0.2) is 0 Å². The summed E-state index contributed by atoms with van der Waals surface area (Å²) in [4.78, 5) is 12.4. The largest absolute Gasteiger partial charge is 0.340 e. The van der Waals surface area contributed by atoms with E-state index in [9.17, 15) is 4.79 Å². The molecular weight excluding hydrogens is 454 g/mol. The number of hydrogen-bond donors (Lipinski definition) is 1. The summed E-state index contributed by atoms with van der Waals surface area (Å²) in [5.41, 5.74) is 1.38. The van der Waals surface area contributed by atoms with E-state index in [0.717, 1.165) is 13.7 Å². The fourth-order valence-electron chi connectivity index (χ4n) is 1.83. The van der Waals surface area contributed by atoms with Gasteiger partial charge in [-0.2, -0.15) is 0 Å². The molecule has 0 radical (unpaired) electrons. The van der Waals surface area contributed by atoms with Gasteiger partial charge in [0.25, 0.3) is 5.91 Å². The molecule has 1 N–H and O–H groups in total. The first kappa shape index (κ1) is 15.9. The smallest absolute Gasteiger partial charge is 0.272 e. The van der Waals surface area contributed by atoms with Crippen LogP contribution in [0.2, 0.25) is 5.02 Å². The predicted octanol–water partition coefficient (Wildman–Crippen LogP) is 5.34. The van der Waals surface area contributed by atoms with Gasteiger partial charge in [0.15, 0.2) is 0 Å². The molecule has 3 nitrogen and oxygen atoms in total. The Morgan fingerprint density at radius 3 is 2.70 bits per heavy atom. The molecule has 6 heteroatoms. The second-order valence-electron chi connectivity index (χ2n) is 4.62. The highest BCUT2D eigenvalue weighted by atomic mass is 127. The third-order valence-electron chi connectivity index (χ3n) is 2.78. The molecular formula is C14H13BrClIN2O. The molecule has 1 aromatic heterocycles. The third-order valence-corrected chi connectivity index (χ3v) is 4.34. The normalized spacial score (nSPS) is 10.9. The zero-order chi connectivity index (χ0) is 14.9. The summed E-state index contributed by atoms with van der Waals surface area (Å²) in [6, 6.07) is 7.41. The highest BCUT2D eigenvalue weighted by Crippen LogP contribution is 2.24. The molecule has 2 aromatic rings. The number of rotatable bonds is 3. The van der Waals surface area contributed by atoms with E-state index in [1.165, 1.54) is 0 Å². The van der Waals surface area contributed by atoms with Gasteiger partial charge in [-0.05, 0) is 76.6 Å². The lowest BCUT2D eigenvalue weighted by atomic mass is 10.3. The van der Waals surface area contributed by atoms with Gasteiger partial charge in [0.2, 0.25) is 0 Å². The Bertz CT molecular complexity index is 655. The molecule has 0 atom stereocenters. The van der Waals surface area contributed by atoms with Gasteiger partial charge in [0, 0.05) is 25.3 Å². The predicted molar refractivity (Wildman–Crippen MR) is 94.6 cm³/mol. The molecule has 0 aliphatic heterocycles. The molecule has 1 aromatic carbocycles. The van der Waals surface area contributed by atoms with E-state index < -0.39 is 0 Å². The number of nitrogens with zero attached hydrogens (tertiary/aromatic N) is 1. The monoisotopic (exact) mass is 466 g/mol. The van der Waals surface area contributed by atoms with Crippen LogP contribution in [0.3, 0.4) is 0 Å². The van der Waals surface area contributed by atoms with Crippen molar-refractivity contribution in [1.29, 1.82) is 0 Å². The van der Waals surface area contributed by atoms with Crippen LogP contribution in [0.5, 0.6) is 0 Å². The van der Waals surface area contributed by atoms with Crippen molar-refractivity contribution >= 4 is 61.7 Å². The minimum Gasteiger partial charge on any atom is -0.340 e. The molecule has 0 spiro atoms. The number of anilines is 1. The fourth-order valence-corrected chi connectivity index (χ4v) is 3.28. The summed E-state index contributed by atoms with van der Waals surface area (Å²) in [6.45, 7) is 4.07. The van der Waals surface area contributed by atoms with Crippen molar-refractivity contribution in [2.45, 2.75) is 19.9 Å². The second-order valence-corrected chi connectivity index (χ2v) is 7.14. The zero-order valence-electron chi connectivity index (χ0n) is 11.0. The number of aromatic nitrogens is 1. The fraction of sp³-hybridized carbons (Fsp3) is 0.214. The van der Waals surface area contributed by atoms with Gasteiger partial charge in [-0.1, -0.05) is 11.6 Å². The molecule has 0 saturated carbocycles. The van der Waals surface area contributed by atoms with E-state index in [1.54, 1.807) is 12.1 Å². The maximum Gasteiger partial charge on any atom is 0.272 e. The van der Waals surface area contributed by atoms with Crippen molar-refractivity contribution in [2.75, 3.05) is 5.32 Å². The Hall–Kier alpha value is -0.530. The average molecular weight is 468 g/mol. The number of carbonyl (C=O) groups excluding carboxylic acids is 1. The van der Waals surface area contributed by atoms with E-state index in [-0.39, 0.29) is 11.9 Å². The lowest BCUT2D eigenvalue weighted by molar-refractivity contribution is 0.101. The van der Waals surface area contributed by atoms with Crippen LogP contribution in [0.25, 0.3) is 0 Å². The molecule has 0 bridgehead atoms. The van der Waals surface area contributed by atoms with E-state index in [2.05, 4.69) is 43.8 Å². The Morgan fingerprint density at radius 1 is 1.40 bits per heavy atom. The van der Waals surface area contributed by atoms with Gasteiger partial charge in [0.1, 0.15) is 5.69 Å². The number of benzene rings is 1. The first-order valence-corrected chi connectivity index (χ1v) is 8.27. The Labute approximate surface area is 145 Å². The topological polar surface area (TPSA) is 34.0 Å². The summed E-state index contributed by atoms with van der Waals surface area (Å²) >= 11 is 11.5. The molecule has 106 valence electrons. The standard InChI is InChI=1S/C14H13BrClIN2O/c1-8(2)19-7-9(15)5-13(19)14(20)18-12-4-3-10(16)6-11(12)17/h3-8H,1-2H3,(H,18,20). The molecule has 2 rings (SSSR count). The lowest BCUT2D eigenvalue weighted by Crippen LogP contribution is -2.18. The van der Waals surface area contributed by atoms with Crippen molar-refractivity contribution in [3.63, 3.8) is 0 Å². The van der Waals surface area contributed by atoms with Crippen LogP contribution < -0.4 is 5.32 Å². The van der Waals surface area contributed by atoms with Crippen molar-refractivity contribution in [2.24, 2.45) is 0 Å². The van der Waals surface area contributed by atoms with Crippen LogP contribution in [0.1, 0.15) is 30.4 Å². The molecule has 0 saturated heterocycles. The maximum absolute atomic E-state index is 12.4. The second kappa shape index (κ2) is 6.49. The summed E-state index contributed by atoms with van der Waals surface area (Å²) in [6.07, 6.45) is 1.91. The summed E-state index contributed by atoms with van der Waals surface area (Å²) in [7, 11) is 0. The Balaban J connectivity index is 2.28. The number of amides is 1. The summed E-state index contributed by atoms with van der Waals surface area (Å²) in [5.74, 6) is -0.135. The molecule has 0 unspecified atom stereocenters. The highest BCUT2D eigenvalue weighted by Gasteiger charge is 2.16. The van der Waals surface area contributed by atoms with Crippen LogP contribution in [0.15, 0.2) is 34.9 Å². The van der Waals surface area contributed by atoms with E-state index >= 15 is 0 Å². The van der Waals surface area contributed by atoms with Gasteiger partial charge < -0.3 is 9.88 Å². The minimum absolute atomic E-state index is 0.135. The van der Waals surface area contributed by atoms with Gasteiger partial charge >= 0.3 is 0 Å².